The Balaban J connectivity index is 1.32. The summed E-state index contributed by atoms with van der Waals surface area (Å²) in [5.74, 6) is 1.63. The van der Waals surface area contributed by atoms with E-state index < -0.39 is 0 Å². The summed E-state index contributed by atoms with van der Waals surface area (Å²) in [6.07, 6.45) is 3.30. The molecule has 8 heteroatoms. The van der Waals surface area contributed by atoms with E-state index in [2.05, 4.69) is 25.5 Å². The summed E-state index contributed by atoms with van der Waals surface area (Å²) in [5, 5.41) is 6.30. The fourth-order valence-electron chi connectivity index (χ4n) is 3.49. The van der Waals surface area contributed by atoms with E-state index in [0.29, 0.717) is 17.3 Å². The number of hydrogen-bond donors (Lipinski definition) is 2. The Hall–Kier alpha value is -3.68. The topological polar surface area (TPSA) is 79.4 Å². The van der Waals surface area contributed by atoms with Gasteiger partial charge in [-0.25, -0.2) is 9.37 Å². The zero-order valence-electron chi connectivity index (χ0n) is 17.2. The highest BCUT2D eigenvalue weighted by Crippen LogP contribution is 2.21. The van der Waals surface area contributed by atoms with Crippen molar-refractivity contribution in [3.8, 4) is 5.75 Å². The fraction of sp³-hybridized carbons (Fsp3) is 0.261. The highest BCUT2D eigenvalue weighted by Gasteiger charge is 2.23. The van der Waals surface area contributed by atoms with E-state index in [1.807, 2.05) is 30.3 Å². The van der Waals surface area contributed by atoms with Crippen molar-refractivity contribution in [1.82, 2.24) is 15.3 Å². The summed E-state index contributed by atoms with van der Waals surface area (Å²) in [5.41, 5.74) is 1.37. The smallest absolute Gasteiger partial charge is 0.251 e. The zero-order valence-corrected chi connectivity index (χ0v) is 17.2. The van der Waals surface area contributed by atoms with Crippen LogP contribution in [0.15, 0.2) is 60.8 Å². The van der Waals surface area contributed by atoms with Crippen molar-refractivity contribution in [3.05, 3.63) is 72.2 Å². The Morgan fingerprint density at radius 2 is 1.77 bits per heavy atom. The third kappa shape index (κ3) is 5.28. The monoisotopic (exact) mass is 421 g/mol. The lowest BCUT2D eigenvalue weighted by molar-refractivity contribution is 0.0931. The predicted molar refractivity (Wildman–Crippen MR) is 117 cm³/mol. The van der Waals surface area contributed by atoms with Crippen LogP contribution in [0.25, 0.3) is 0 Å². The van der Waals surface area contributed by atoms with Gasteiger partial charge in [-0.3, -0.25) is 4.79 Å². The van der Waals surface area contributed by atoms with Crippen LogP contribution in [0.3, 0.4) is 0 Å². The Bertz CT molecular complexity index is 1020. The van der Waals surface area contributed by atoms with Crippen molar-refractivity contribution in [1.29, 1.82) is 0 Å². The quantitative estimate of drug-likeness (QED) is 0.631. The Kier molecular flexibility index (Phi) is 6.26. The molecule has 0 saturated carbocycles. The van der Waals surface area contributed by atoms with Gasteiger partial charge in [0.1, 0.15) is 17.4 Å². The first-order chi connectivity index (χ1) is 15.1. The molecule has 1 fully saturated rings. The number of hydrogen-bond acceptors (Lipinski definition) is 6. The minimum atomic E-state index is -0.353. The lowest BCUT2D eigenvalue weighted by Gasteiger charge is -2.32. The number of carbonyl (C=O) groups excluding carboxylic acids is 1. The molecule has 3 aromatic rings. The van der Waals surface area contributed by atoms with Crippen molar-refractivity contribution in [2.24, 2.45) is 0 Å². The first-order valence-electron chi connectivity index (χ1n) is 10.2. The number of methoxy groups -OCH3 is 1. The second-order valence-electron chi connectivity index (χ2n) is 7.34. The standard InChI is InChI=1S/C23H24FN5O2/c1-31-20-8-6-18(7-9-20)26-21-10-13-25-23(28-21)29-14-11-19(12-15-29)27-22(30)16-2-4-17(24)5-3-16/h2-10,13,19H,11-12,14-15H2,1H3,(H,27,30)(H,25,26,28). The number of ether oxygens (including phenoxy) is 1. The Labute approximate surface area is 180 Å². The molecule has 0 atom stereocenters. The summed E-state index contributed by atoms with van der Waals surface area (Å²) < 4.78 is 18.2. The van der Waals surface area contributed by atoms with Crippen molar-refractivity contribution in [3.63, 3.8) is 0 Å². The van der Waals surface area contributed by atoms with Crippen LogP contribution in [0, 0.1) is 5.82 Å². The SMILES string of the molecule is COc1ccc(Nc2ccnc(N3CCC(NC(=O)c4ccc(F)cc4)CC3)n2)cc1. The van der Waals surface area contributed by atoms with Gasteiger partial charge in [0, 0.05) is 36.6 Å². The average Bonchev–Trinajstić information content (AvgIpc) is 2.81. The third-order valence-electron chi connectivity index (χ3n) is 5.22. The molecule has 2 N–H and O–H groups in total. The molecule has 1 aliphatic heterocycles. The van der Waals surface area contributed by atoms with Crippen LogP contribution >= 0.6 is 0 Å². The molecule has 31 heavy (non-hydrogen) atoms. The highest BCUT2D eigenvalue weighted by molar-refractivity contribution is 5.94. The normalized spacial score (nSPS) is 14.2. The number of halogens is 1. The summed E-state index contributed by atoms with van der Waals surface area (Å²) >= 11 is 0. The molecule has 1 saturated heterocycles. The molecular formula is C23H24FN5O2. The summed E-state index contributed by atoms with van der Waals surface area (Å²) in [7, 11) is 1.64. The Morgan fingerprint density at radius 1 is 1.06 bits per heavy atom. The van der Waals surface area contributed by atoms with E-state index in [4.69, 9.17) is 4.74 Å². The molecule has 1 amide bonds. The van der Waals surface area contributed by atoms with Crippen LogP contribution in [-0.4, -0.2) is 42.1 Å². The van der Waals surface area contributed by atoms with E-state index in [1.54, 1.807) is 13.3 Å². The van der Waals surface area contributed by atoms with Gasteiger partial charge in [0.25, 0.3) is 5.91 Å². The molecule has 2 heterocycles. The predicted octanol–water partition coefficient (Wildman–Crippen LogP) is 3.77. The molecule has 7 nitrogen and oxygen atoms in total. The van der Waals surface area contributed by atoms with Gasteiger partial charge in [-0.05, 0) is 67.4 Å². The van der Waals surface area contributed by atoms with E-state index in [-0.39, 0.29) is 17.8 Å². The maximum absolute atomic E-state index is 13.0. The molecule has 1 aliphatic rings. The van der Waals surface area contributed by atoms with Gasteiger partial charge in [-0.15, -0.1) is 0 Å². The van der Waals surface area contributed by atoms with Crippen LogP contribution in [0.2, 0.25) is 0 Å². The van der Waals surface area contributed by atoms with Crippen molar-refractivity contribution in [2.75, 3.05) is 30.4 Å². The van der Waals surface area contributed by atoms with Crippen molar-refractivity contribution >= 4 is 23.4 Å². The van der Waals surface area contributed by atoms with Crippen molar-refractivity contribution < 1.29 is 13.9 Å². The van der Waals surface area contributed by atoms with E-state index >= 15 is 0 Å². The maximum Gasteiger partial charge on any atom is 0.251 e. The molecular weight excluding hydrogens is 397 g/mol. The minimum absolute atomic E-state index is 0.0643. The van der Waals surface area contributed by atoms with E-state index in [0.717, 1.165) is 37.4 Å². The molecule has 0 radical (unpaired) electrons. The molecule has 0 spiro atoms. The second-order valence-corrected chi connectivity index (χ2v) is 7.34. The lowest BCUT2D eigenvalue weighted by Crippen LogP contribution is -2.45. The lowest BCUT2D eigenvalue weighted by atomic mass is 10.0. The molecule has 2 aromatic carbocycles. The number of rotatable bonds is 6. The first kappa shape index (κ1) is 20.6. The largest absolute Gasteiger partial charge is 0.497 e. The van der Waals surface area contributed by atoms with Crippen molar-refractivity contribution in [2.45, 2.75) is 18.9 Å². The van der Waals surface area contributed by atoms with Crippen LogP contribution < -0.4 is 20.3 Å². The van der Waals surface area contributed by atoms with Crippen LogP contribution in [0.5, 0.6) is 5.75 Å². The summed E-state index contributed by atoms with van der Waals surface area (Å²) in [6.45, 7) is 1.47. The second kappa shape index (κ2) is 9.42. The highest BCUT2D eigenvalue weighted by atomic mass is 19.1. The van der Waals surface area contributed by atoms with Gasteiger partial charge in [-0.1, -0.05) is 0 Å². The van der Waals surface area contributed by atoms with Crippen LogP contribution in [-0.2, 0) is 0 Å². The molecule has 4 rings (SSSR count). The molecule has 160 valence electrons. The average molecular weight is 421 g/mol. The zero-order chi connectivity index (χ0) is 21.6. The summed E-state index contributed by atoms with van der Waals surface area (Å²) in [6, 6.07) is 15.1. The van der Waals surface area contributed by atoms with Gasteiger partial charge >= 0.3 is 0 Å². The first-order valence-corrected chi connectivity index (χ1v) is 10.2. The van der Waals surface area contributed by atoms with Gasteiger partial charge in [0.15, 0.2) is 0 Å². The van der Waals surface area contributed by atoms with E-state index in [9.17, 15) is 9.18 Å². The van der Waals surface area contributed by atoms with Gasteiger partial charge < -0.3 is 20.3 Å². The van der Waals surface area contributed by atoms with Crippen LogP contribution in [0.1, 0.15) is 23.2 Å². The Morgan fingerprint density at radius 3 is 2.45 bits per heavy atom. The van der Waals surface area contributed by atoms with Gasteiger partial charge in [-0.2, -0.15) is 4.98 Å². The number of nitrogens with one attached hydrogen (secondary N) is 2. The molecule has 0 unspecified atom stereocenters. The number of piperidine rings is 1. The number of benzene rings is 2. The minimum Gasteiger partial charge on any atom is -0.497 e. The van der Waals surface area contributed by atoms with Gasteiger partial charge in [0.05, 0.1) is 7.11 Å². The van der Waals surface area contributed by atoms with Gasteiger partial charge in [0.2, 0.25) is 5.95 Å². The molecule has 1 aromatic heterocycles. The molecule has 0 bridgehead atoms. The van der Waals surface area contributed by atoms with E-state index in [1.165, 1.54) is 24.3 Å². The number of nitrogens with zero attached hydrogens (tertiary/aromatic N) is 3. The molecule has 0 aliphatic carbocycles. The number of anilines is 3. The van der Waals surface area contributed by atoms with Crippen LogP contribution in [0.4, 0.5) is 21.8 Å². The summed E-state index contributed by atoms with van der Waals surface area (Å²) in [4.78, 5) is 23.5. The third-order valence-corrected chi connectivity index (χ3v) is 5.22. The number of carbonyl (C=O) groups is 1. The number of aromatic nitrogens is 2. The maximum atomic E-state index is 13.0. The fourth-order valence-corrected chi connectivity index (χ4v) is 3.49. The number of amides is 1.